The lowest BCUT2D eigenvalue weighted by Gasteiger charge is -2.46. The first-order valence-electron chi connectivity index (χ1n) is 16.0. The summed E-state index contributed by atoms with van der Waals surface area (Å²) < 4.78 is 5.97. The third-order valence-electron chi connectivity index (χ3n) is 8.17. The summed E-state index contributed by atoms with van der Waals surface area (Å²) in [5.41, 5.74) is 5.22. The molecule has 242 valence electrons. The molecule has 0 saturated carbocycles. The molecule has 4 rings (SSSR count). The first-order chi connectivity index (χ1) is 20.8. The van der Waals surface area contributed by atoms with Crippen LogP contribution in [0, 0.1) is 0 Å². The maximum Gasteiger partial charge on any atom is 0.417 e. The molecule has 1 fully saturated rings. The fourth-order valence-electron chi connectivity index (χ4n) is 6.49. The van der Waals surface area contributed by atoms with E-state index < -0.39 is 6.09 Å². The number of carbonyl (C=O) groups excluding carboxylic acids is 2. The Morgan fingerprint density at radius 1 is 0.733 bits per heavy atom. The highest BCUT2D eigenvalue weighted by atomic mass is 16.6. The van der Waals surface area contributed by atoms with Gasteiger partial charge in [-0.25, -0.2) is 9.59 Å². The number of hydrogen-bond donors (Lipinski definition) is 4. The van der Waals surface area contributed by atoms with Gasteiger partial charge in [-0.05, 0) is 93.2 Å². The van der Waals surface area contributed by atoms with Crippen molar-refractivity contribution in [1.29, 1.82) is 0 Å². The smallest absolute Gasteiger partial charge is 0.409 e. The van der Waals surface area contributed by atoms with Crippen LogP contribution in [0.3, 0.4) is 0 Å². The molecule has 45 heavy (non-hydrogen) atoms. The maximum atomic E-state index is 13.0. The molecule has 4 N–H and O–H groups in total. The Morgan fingerprint density at radius 3 is 1.62 bits per heavy atom. The summed E-state index contributed by atoms with van der Waals surface area (Å²) in [6, 6.07) is 21.7. The van der Waals surface area contributed by atoms with Gasteiger partial charge in [-0.1, -0.05) is 84.0 Å². The average Bonchev–Trinajstić information content (AvgIpc) is 2.88. The van der Waals surface area contributed by atoms with Crippen molar-refractivity contribution in [2.24, 2.45) is 0 Å². The molecule has 7 nitrogen and oxygen atoms in total. The Balaban J connectivity index is 1.33. The molecule has 0 bridgehead atoms. The van der Waals surface area contributed by atoms with E-state index in [0.29, 0.717) is 11.4 Å². The second-order valence-electron chi connectivity index (χ2n) is 15.9. The summed E-state index contributed by atoms with van der Waals surface area (Å²) in [6.45, 7) is 21.4. The Hall–Kier alpha value is -3.84. The van der Waals surface area contributed by atoms with Crippen LogP contribution in [0.5, 0.6) is 5.75 Å². The largest absolute Gasteiger partial charge is 0.417 e. The Morgan fingerprint density at radius 2 is 1.18 bits per heavy atom. The number of anilines is 2. The van der Waals surface area contributed by atoms with Crippen molar-refractivity contribution < 1.29 is 14.3 Å². The van der Waals surface area contributed by atoms with E-state index in [4.69, 9.17) is 4.74 Å². The number of ether oxygens (including phenoxy) is 1. The van der Waals surface area contributed by atoms with Gasteiger partial charge in [0.15, 0.2) is 0 Å². The topological polar surface area (TPSA) is 91.5 Å². The van der Waals surface area contributed by atoms with Crippen LogP contribution in [0.25, 0.3) is 0 Å². The summed E-state index contributed by atoms with van der Waals surface area (Å²) in [5.74, 6) is 0.626. The summed E-state index contributed by atoms with van der Waals surface area (Å²) in [4.78, 5) is 25.8. The Bertz CT molecular complexity index is 1450. The first-order valence-corrected chi connectivity index (χ1v) is 16.0. The number of piperidine rings is 1. The number of hydrogen-bond acceptors (Lipinski definition) is 4. The van der Waals surface area contributed by atoms with Crippen LogP contribution in [-0.2, 0) is 17.3 Å². The third-order valence-corrected chi connectivity index (χ3v) is 8.17. The molecule has 0 unspecified atom stereocenters. The minimum absolute atomic E-state index is 0.0343. The Kier molecular flexibility index (Phi) is 9.74. The summed E-state index contributed by atoms with van der Waals surface area (Å²) in [6.07, 6.45) is 1.97. The number of rotatable bonds is 6. The van der Waals surface area contributed by atoms with E-state index >= 15 is 0 Å². The van der Waals surface area contributed by atoms with Crippen molar-refractivity contribution in [2.45, 2.75) is 116 Å². The van der Waals surface area contributed by atoms with Crippen LogP contribution in [0.1, 0.15) is 104 Å². The number of amides is 3. The van der Waals surface area contributed by atoms with Gasteiger partial charge in [0.05, 0.1) is 0 Å². The molecule has 1 heterocycles. The zero-order valence-corrected chi connectivity index (χ0v) is 28.8. The summed E-state index contributed by atoms with van der Waals surface area (Å²) >= 11 is 0. The lowest BCUT2D eigenvalue weighted by atomic mass is 9.79. The van der Waals surface area contributed by atoms with Crippen LogP contribution < -0.4 is 26.0 Å². The lowest BCUT2D eigenvalue weighted by Crippen LogP contribution is -2.62. The molecule has 3 aromatic rings. The number of para-hydroxylation sites is 1. The highest BCUT2D eigenvalue weighted by Crippen LogP contribution is 2.39. The molecule has 0 spiro atoms. The predicted molar refractivity (Wildman–Crippen MR) is 186 cm³/mol. The number of urea groups is 1. The van der Waals surface area contributed by atoms with Crippen LogP contribution in [0.4, 0.5) is 21.0 Å². The minimum Gasteiger partial charge on any atom is -0.409 e. The van der Waals surface area contributed by atoms with Gasteiger partial charge in [-0.2, -0.15) is 0 Å². The van der Waals surface area contributed by atoms with E-state index in [9.17, 15) is 9.59 Å². The standard InChI is InChI=1S/C38H52N4O3/c1-35(2,3)30-12-11-13-31(36(4,5)6)32(30)45-34(44)41-28-20-16-26(17-21-28)22-25-14-18-27(19-15-25)39-33(43)40-29-23-37(7,8)42-38(9,10)24-29/h11-21,29,42H,22-24H2,1-10H3,(H,41,44)(H2,39,40,43). The van der Waals surface area contributed by atoms with Crippen molar-refractivity contribution in [2.75, 3.05) is 10.6 Å². The normalized spacial score (nSPS) is 16.5. The second kappa shape index (κ2) is 12.9. The molecule has 0 aromatic heterocycles. The number of nitrogens with one attached hydrogen (secondary N) is 4. The minimum atomic E-state index is -0.510. The van der Waals surface area contributed by atoms with E-state index in [1.807, 2.05) is 66.7 Å². The van der Waals surface area contributed by atoms with Gasteiger partial charge in [0.1, 0.15) is 5.75 Å². The molecule has 0 aliphatic carbocycles. The lowest BCUT2D eigenvalue weighted by molar-refractivity contribution is 0.149. The molecule has 7 heteroatoms. The van der Waals surface area contributed by atoms with Crippen LogP contribution in [0.15, 0.2) is 66.7 Å². The van der Waals surface area contributed by atoms with Crippen LogP contribution in [0.2, 0.25) is 0 Å². The highest BCUT2D eigenvalue weighted by molar-refractivity contribution is 5.89. The predicted octanol–water partition coefficient (Wildman–Crippen LogP) is 8.91. The van der Waals surface area contributed by atoms with Gasteiger partial charge < -0.3 is 20.7 Å². The zero-order chi connectivity index (χ0) is 33.2. The zero-order valence-electron chi connectivity index (χ0n) is 28.8. The highest BCUT2D eigenvalue weighted by Gasteiger charge is 2.38. The third kappa shape index (κ3) is 9.57. The van der Waals surface area contributed by atoms with E-state index in [2.05, 4.69) is 90.5 Å². The van der Waals surface area contributed by atoms with Gasteiger partial charge in [-0.3, -0.25) is 5.32 Å². The molecule has 1 aliphatic rings. The molecule has 0 atom stereocenters. The van der Waals surface area contributed by atoms with Gasteiger partial charge in [0.2, 0.25) is 0 Å². The second-order valence-corrected chi connectivity index (χ2v) is 15.9. The van der Waals surface area contributed by atoms with Crippen molar-refractivity contribution in [3.8, 4) is 5.75 Å². The van der Waals surface area contributed by atoms with Gasteiger partial charge >= 0.3 is 12.1 Å². The van der Waals surface area contributed by atoms with Crippen LogP contribution in [-0.4, -0.2) is 29.2 Å². The van der Waals surface area contributed by atoms with Gasteiger partial charge in [0, 0.05) is 39.6 Å². The van der Waals surface area contributed by atoms with Crippen LogP contribution >= 0.6 is 0 Å². The van der Waals surface area contributed by atoms with E-state index in [1.165, 1.54) is 0 Å². The van der Waals surface area contributed by atoms with Crippen molar-refractivity contribution in [1.82, 2.24) is 10.6 Å². The van der Waals surface area contributed by atoms with E-state index in [1.54, 1.807) is 0 Å². The molecule has 0 radical (unpaired) electrons. The van der Waals surface area contributed by atoms with Crippen molar-refractivity contribution in [3.05, 3.63) is 89.0 Å². The van der Waals surface area contributed by atoms with Gasteiger partial charge in [0.25, 0.3) is 0 Å². The molecule has 3 aromatic carbocycles. The number of carbonyl (C=O) groups is 2. The monoisotopic (exact) mass is 612 g/mol. The van der Waals surface area contributed by atoms with E-state index in [0.717, 1.165) is 47.2 Å². The fraction of sp³-hybridized carbons (Fsp3) is 0.474. The van der Waals surface area contributed by atoms with Gasteiger partial charge in [-0.15, -0.1) is 0 Å². The average molecular weight is 613 g/mol. The summed E-state index contributed by atoms with van der Waals surface area (Å²) in [7, 11) is 0. The molecule has 1 saturated heterocycles. The quantitative estimate of drug-likeness (QED) is 0.224. The molecular weight excluding hydrogens is 560 g/mol. The first kappa shape index (κ1) is 34.0. The van der Waals surface area contributed by atoms with E-state index in [-0.39, 0.29) is 34.0 Å². The van der Waals surface area contributed by atoms with Crippen molar-refractivity contribution >= 4 is 23.5 Å². The SMILES string of the molecule is CC1(C)CC(NC(=O)Nc2ccc(Cc3ccc(NC(=O)Oc4c(C(C)(C)C)cccc4C(C)(C)C)cc3)cc2)CC(C)(C)N1. The molecule has 1 aliphatic heterocycles. The van der Waals surface area contributed by atoms with Crippen molar-refractivity contribution in [3.63, 3.8) is 0 Å². The Labute approximate surface area is 269 Å². The summed E-state index contributed by atoms with van der Waals surface area (Å²) in [5, 5.41) is 12.7. The fourth-order valence-corrected chi connectivity index (χ4v) is 6.49. The number of benzene rings is 3. The molecule has 3 amide bonds. The molecular formula is C38H52N4O3. The maximum absolute atomic E-state index is 13.0.